The average Bonchev–Trinajstić information content (AvgIpc) is 2.10. The minimum absolute atomic E-state index is 0.0441. The van der Waals surface area contributed by atoms with Gasteiger partial charge in [0, 0.05) is 5.33 Å². The van der Waals surface area contributed by atoms with Crippen LogP contribution in [0.15, 0.2) is 0 Å². The Morgan fingerprint density at radius 2 is 1.88 bits per heavy atom. The van der Waals surface area contributed by atoms with Gasteiger partial charge in [0.05, 0.1) is 0 Å². The Balaban J connectivity index is 4.77. The van der Waals surface area contributed by atoms with E-state index in [1.54, 1.807) is 20.8 Å². The first-order valence-corrected chi connectivity index (χ1v) is 6.07. The van der Waals surface area contributed by atoms with Crippen molar-refractivity contribution < 1.29 is 19.4 Å². The summed E-state index contributed by atoms with van der Waals surface area (Å²) in [7, 11) is 0. The highest BCUT2D eigenvalue weighted by molar-refractivity contribution is 9.09. The summed E-state index contributed by atoms with van der Waals surface area (Å²) in [6.45, 7) is 4.99. The number of carboxylic acid groups (broad SMARTS) is 1. The SMILES string of the molecule is CC(C)(C)OC(=O)C(N)(CCCBr)C(=O)O. The number of carboxylic acids is 1. The highest BCUT2D eigenvalue weighted by Crippen LogP contribution is 2.18. The van der Waals surface area contributed by atoms with E-state index < -0.39 is 23.1 Å². The van der Waals surface area contributed by atoms with Gasteiger partial charge in [0.1, 0.15) is 5.60 Å². The molecule has 0 spiro atoms. The van der Waals surface area contributed by atoms with Crippen molar-refractivity contribution in [1.29, 1.82) is 0 Å². The van der Waals surface area contributed by atoms with Crippen molar-refractivity contribution in [2.45, 2.75) is 44.8 Å². The van der Waals surface area contributed by atoms with Crippen LogP contribution in [0, 0.1) is 0 Å². The van der Waals surface area contributed by atoms with E-state index >= 15 is 0 Å². The molecule has 16 heavy (non-hydrogen) atoms. The molecule has 0 saturated heterocycles. The molecule has 0 aliphatic rings. The van der Waals surface area contributed by atoms with Gasteiger partial charge in [-0.25, -0.2) is 9.59 Å². The molecular formula is C10H18BrNO4. The van der Waals surface area contributed by atoms with Gasteiger partial charge in [0.2, 0.25) is 5.54 Å². The van der Waals surface area contributed by atoms with Crippen molar-refractivity contribution in [3.63, 3.8) is 0 Å². The van der Waals surface area contributed by atoms with Crippen LogP contribution in [0.3, 0.4) is 0 Å². The second-order valence-corrected chi connectivity index (χ2v) is 5.36. The maximum atomic E-state index is 11.7. The first kappa shape index (κ1) is 15.4. The van der Waals surface area contributed by atoms with Crippen LogP contribution in [-0.2, 0) is 14.3 Å². The van der Waals surface area contributed by atoms with Crippen molar-refractivity contribution in [3.8, 4) is 0 Å². The Labute approximate surface area is 103 Å². The Hall–Kier alpha value is -0.620. The van der Waals surface area contributed by atoms with E-state index in [-0.39, 0.29) is 6.42 Å². The van der Waals surface area contributed by atoms with Gasteiger partial charge < -0.3 is 15.6 Å². The number of aliphatic carboxylic acids is 1. The molecule has 5 nitrogen and oxygen atoms in total. The minimum atomic E-state index is -1.96. The number of hydrogen-bond acceptors (Lipinski definition) is 4. The molecule has 0 bridgehead atoms. The summed E-state index contributed by atoms with van der Waals surface area (Å²) in [6, 6.07) is 0. The molecule has 6 heteroatoms. The molecule has 0 fully saturated rings. The number of rotatable bonds is 5. The monoisotopic (exact) mass is 295 g/mol. The molecule has 1 atom stereocenters. The van der Waals surface area contributed by atoms with Gasteiger partial charge >= 0.3 is 11.9 Å². The van der Waals surface area contributed by atoms with Crippen LogP contribution in [0.25, 0.3) is 0 Å². The van der Waals surface area contributed by atoms with Crippen LogP contribution in [-0.4, -0.2) is 33.5 Å². The Morgan fingerprint density at radius 3 is 2.19 bits per heavy atom. The van der Waals surface area contributed by atoms with Gasteiger partial charge in [-0.05, 0) is 33.6 Å². The van der Waals surface area contributed by atoms with Crippen molar-refractivity contribution in [3.05, 3.63) is 0 Å². The predicted octanol–water partition coefficient (Wildman–Crippen LogP) is 1.29. The topological polar surface area (TPSA) is 89.6 Å². The fourth-order valence-electron chi connectivity index (χ4n) is 1.01. The molecule has 0 saturated carbocycles. The second kappa shape index (κ2) is 5.63. The zero-order valence-electron chi connectivity index (χ0n) is 9.75. The highest BCUT2D eigenvalue weighted by atomic mass is 79.9. The Morgan fingerprint density at radius 1 is 1.38 bits per heavy atom. The summed E-state index contributed by atoms with van der Waals surface area (Å²) >= 11 is 3.16. The Kier molecular flexibility index (Phi) is 5.41. The molecule has 0 amide bonds. The summed E-state index contributed by atoms with van der Waals surface area (Å²) < 4.78 is 5.00. The summed E-state index contributed by atoms with van der Waals surface area (Å²) in [5, 5.41) is 9.57. The van der Waals surface area contributed by atoms with Crippen LogP contribution in [0.5, 0.6) is 0 Å². The smallest absolute Gasteiger partial charge is 0.338 e. The largest absolute Gasteiger partial charge is 0.479 e. The minimum Gasteiger partial charge on any atom is -0.479 e. The van der Waals surface area contributed by atoms with Gasteiger partial charge in [-0.15, -0.1) is 0 Å². The Bertz CT molecular complexity index is 274. The number of carbonyl (C=O) groups excluding carboxylic acids is 1. The van der Waals surface area contributed by atoms with E-state index in [4.69, 9.17) is 15.6 Å². The zero-order chi connectivity index (χ0) is 13.0. The van der Waals surface area contributed by atoms with E-state index in [0.717, 1.165) is 0 Å². The van der Waals surface area contributed by atoms with E-state index in [0.29, 0.717) is 11.8 Å². The van der Waals surface area contributed by atoms with Gasteiger partial charge in [-0.2, -0.15) is 0 Å². The standard InChI is InChI=1S/C10H18BrNO4/c1-9(2,3)16-8(15)10(12,7(13)14)5-4-6-11/h4-6,12H2,1-3H3,(H,13,14). The van der Waals surface area contributed by atoms with Crippen LogP contribution in [0.1, 0.15) is 33.6 Å². The third-order valence-electron chi connectivity index (χ3n) is 1.85. The van der Waals surface area contributed by atoms with Gasteiger partial charge in [0.15, 0.2) is 0 Å². The first-order valence-electron chi connectivity index (χ1n) is 4.95. The molecule has 3 N–H and O–H groups in total. The van der Waals surface area contributed by atoms with E-state index in [2.05, 4.69) is 15.9 Å². The normalized spacial score (nSPS) is 15.3. The van der Waals surface area contributed by atoms with Crippen LogP contribution < -0.4 is 5.73 Å². The first-order chi connectivity index (χ1) is 7.13. The molecule has 0 heterocycles. The summed E-state index contributed by atoms with van der Waals surface area (Å²) in [4.78, 5) is 22.7. The molecule has 0 aromatic rings. The number of halogens is 1. The number of nitrogens with two attached hydrogens (primary N) is 1. The number of ether oxygens (including phenoxy) is 1. The van der Waals surface area contributed by atoms with E-state index in [9.17, 15) is 9.59 Å². The lowest BCUT2D eigenvalue weighted by molar-refractivity contribution is -0.169. The van der Waals surface area contributed by atoms with Gasteiger partial charge in [0.25, 0.3) is 0 Å². The maximum absolute atomic E-state index is 11.7. The van der Waals surface area contributed by atoms with Crippen molar-refractivity contribution in [1.82, 2.24) is 0 Å². The van der Waals surface area contributed by atoms with Gasteiger partial charge in [-0.1, -0.05) is 15.9 Å². The average molecular weight is 296 g/mol. The molecular weight excluding hydrogens is 278 g/mol. The van der Waals surface area contributed by atoms with Crippen LogP contribution in [0.2, 0.25) is 0 Å². The highest BCUT2D eigenvalue weighted by Gasteiger charge is 2.44. The summed E-state index contributed by atoms with van der Waals surface area (Å²) in [6.07, 6.45) is 0.532. The number of hydrogen-bond donors (Lipinski definition) is 2. The van der Waals surface area contributed by atoms with Crippen LogP contribution in [0.4, 0.5) is 0 Å². The lowest BCUT2D eigenvalue weighted by Crippen LogP contribution is -2.57. The number of carbonyl (C=O) groups is 2. The predicted molar refractivity (Wildman–Crippen MR) is 63.4 cm³/mol. The fourth-order valence-corrected chi connectivity index (χ4v) is 1.29. The van der Waals surface area contributed by atoms with Gasteiger partial charge in [-0.3, -0.25) is 0 Å². The molecule has 94 valence electrons. The summed E-state index contributed by atoms with van der Waals surface area (Å²) in [5.74, 6) is -2.25. The van der Waals surface area contributed by atoms with Crippen molar-refractivity contribution in [2.24, 2.45) is 5.73 Å². The lowest BCUT2D eigenvalue weighted by atomic mass is 9.95. The fraction of sp³-hybridized carbons (Fsp3) is 0.800. The third-order valence-corrected chi connectivity index (χ3v) is 2.41. The molecule has 0 aromatic carbocycles. The van der Waals surface area contributed by atoms with E-state index in [1.807, 2.05) is 0 Å². The second-order valence-electron chi connectivity index (χ2n) is 4.57. The quantitative estimate of drug-likeness (QED) is 0.453. The molecule has 0 rings (SSSR count). The molecule has 0 radical (unpaired) electrons. The van der Waals surface area contributed by atoms with Crippen molar-refractivity contribution >= 4 is 27.9 Å². The summed E-state index contributed by atoms with van der Waals surface area (Å²) in [5.41, 5.74) is 2.88. The van der Waals surface area contributed by atoms with E-state index in [1.165, 1.54) is 0 Å². The molecule has 1 unspecified atom stereocenters. The van der Waals surface area contributed by atoms with Crippen LogP contribution >= 0.6 is 15.9 Å². The number of alkyl halides is 1. The maximum Gasteiger partial charge on any atom is 0.338 e. The van der Waals surface area contributed by atoms with Crippen molar-refractivity contribution in [2.75, 3.05) is 5.33 Å². The molecule has 0 aromatic heterocycles. The molecule has 0 aliphatic carbocycles. The molecule has 0 aliphatic heterocycles. The number of esters is 1. The zero-order valence-corrected chi connectivity index (χ0v) is 11.3. The lowest BCUT2D eigenvalue weighted by Gasteiger charge is -2.27. The third kappa shape index (κ3) is 4.49.